The van der Waals surface area contributed by atoms with Gasteiger partial charge >= 0.3 is 0 Å². The van der Waals surface area contributed by atoms with Gasteiger partial charge in [-0.15, -0.1) is 0 Å². The van der Waals surface area contributed by atoms with Crippen molar-refractivity contribution in [3.8, 4) is 5.75 Å². The third kappa shape index (κ3) is 3.11. The van der Waals surface area contributed by atoms with Crippen molar-refractivity contribution in [2.75, 3.05) is 7.11 Å². The summed E-state index contributed by atoms with van der Waals surface area (Å²) in [6.07, 6.45) is 0. The largest absolute Gasteiger partial charge is 0.496 e. The summed E-state index contributed by atoms with van der Waals surface area (Å²) in [6, 6.07) is 18.9. The van der Waals surface area contributed by atoms with Crippen LogP contribution in [0.1, 0.15) is 24.1 Å². The molecule has 0 aliphatic carbocycles. The van der Waals surface area contributed by atoms with E-state index in [0.29, 0.717) is 6.04 Å². The Hall–Kier alpha value is -1.80. The maximum absolute atomic E-state index is 5.34. The van der Waals surface area contributed by atoms with Gasteiger partial charge < -0.3 is 10.1 Å². The van der Waals surface area contributed by atoms with Crippen LogP contribution in [0.15, 0.2) is 54.6 Å². The van der Waals surface area contributed by atoms with Gasteiger partial charge in [0, 0.05) is 18.2 Å². The van der Waals surface area contributed by atoms with Crippen LogP contribution in [0.25, 0.3) is 0 Å². The number of ether oxygens (including phenoxy) is 1. The lowest BCUT2D eigenvalue weighted by molar-refractivity contribution is 0.406. The number of nitrogens with one attached hydrogen (secondary N) is 1. The van der Waals surface area contributed by atoms with Gasteiger partial charge in [-0.3, -0.25) is 0 Å². The van der Waals surface area contributed by atoms with Crippen molar-refractivity contribution in [2.24, 2.45) is 0 Å². The van der Waals surface area contributed by atoms with Gasteiger partial charge in [0.1, 0.15) is 5.75 Å². The van der Waals surface area contributed by atoms with Crippen molar-refractivity contribution in [1.29, 1.82) is 0 Å². The SMILES string of the molecule is COc1ccccc1CN[C@H](C)c1ccccc1. The van der Waals surface area contributed by atoms with E-state index >= 15 is 0 Å². The molecular formula is C16H19NO. The summed E-state index contributed by atoms with van der Waals surface area (Å²) in [7, 11) is 1.71. The molecule has 1 atom stereocenters. The lowest BCUT2D eigenvalue weighted by Crippen LogP contribution is -2.18. The molecular weight excluding hydrogens is 222 g/mol. The van der Waals surface area contributed by atoms with Crippen LogP contribution >= 0.6 is 0 Å². The van der Waals surface area contributed by atoms with Gasteiger partial charge in [0.2, 0.25) is 0 Å². The molecule has 0 saturated heterocycles. The summed E-state index contributed by atoms with van der Waals surface area (Å²) < 4.78 is 5.34. The summed E-state index contributed by atoms with van der Waals surface area (Å²) in [5.41, 5.74) is 2.48. The standard InChI is InChI=1S/C16H19NO/c1-13(14-8-4-3-5-9-14)17-12-15-10-6-7-11-16(15)18-2/h3-11,13,17H,12H2,1-2H3/t13-/m1/s1. The van der Waals surface area contributed by atoms with Crippen molar-refractivity contribution in [3.63, 3.8) is 0 Å². The topological polar surface area (TPSA) is 21.3 Å². The molecule has 0 bridgehead atoms. The number of methoxy groups -OCH3 is 1. The third-order valence-corrected chi connectivity index (χ3v) is 3.09. The molecule has 94 valence electrons. The van der Waals surface area contributed by atoms with Crippen LogP contribution in [-0.2, 0) is 6.54 Å². The van der Waals surface area contributed by atoms with Crippen LogP contribution in [0, 0.1) is 0 Å². The first kappa shape index (κ1) is 12.7. The van der Waals surface area contributed by atoms with Crippen LogP contribution in [0.5, 0.6) is 5.75 Å². The summed E-state index contributed by atoms with van der Waals surface area (Å²) >= 11 is 0. The quantitative estimate of drug-likeness (QED) is 0.864. The normalized spacial score (nSPS) is 12.1. The summed E-state index contributed by atoms with van der Waals surface area (Å²) in [5, 5.41) is 3.51. The number of para-hydroxylation sites is 1. The Morgan fingerprint density at radius 1 is 1.00 bits per heavy atom. The Labute approximate surface area is 109 Å². The van der Waals surface area contributed by atoms with Gasteiger partial charge in [0.25, 0.3) is 0 Å². The monoisotopic (exact) mass is 241 g/mol. The Bertz CT molecular complexity index is 481. The van der Waals surface area contributed by atoms with E-state index in [4.69, 9.17) is 4.74 Å². The Morgan fingerprint density at radius 2 is 1.67 bits per heavy atom. The number of hydrogen-bond acceptors (Lipinski definition) is 2. The van der Waals surface area contributed by atoms with Crippen LogP contribution in [0.4, 0.5) is 0 Å². The summed E-state index contributed by atoms with van der Waals surface area (Å²) in [4.78, 5) is 0. The molecule has 0 aliphatic rings. The first-order valence-corrected chi connectivity index (χ1v) is 6.21. The van der Waals surface area contributed by atoms with E-state index in [-0.39, 0.29) is 0 Å². The molecule has 0 aliphatic heterocycles. The molecule has 1 N–H and O–H groups in total. The predicted molar refractivity (Wildman–Crippen MR) is 74.7 cm³/mol. The number of benzene rings is 2. The zero-order valence-corrected chi connectivity index (χ0v) is 10.9. The second-order valence-electron chi connectivity index (χ2n) is 4.33. The molecule has 0 fully saturated rings. The Balaban J connectivity index is 1.99. The van der Waals surface area contributed by atoms with E-state index in [0.717, 1.165) is 12.3 Å². The molecule has 0 amide bonds. The van der Waals surface area contributed by atoms with E-state index in [9.17, 15) is 0 Å². The first-order chi connectivity index (χ1) is 8.81. The molecule has 2 nitrogen and oxygen atoms in total. The van der Waals surface area contributed by atoms with Crippen molar-refractivity contribution in [2.45, 2.75) is 19.5 Å². The lowest BCUT2D eigenvalue weighted by atomic mass is 10.1. The highest BCUT2D eigenvalue weighted by Gasteiger charge is 2.06. The molecule has 0 aromatic heterocycles. The minimum atomic E-state index is 0.330. The second kappa shape index (κ2) is 6.22. The highest BCUT2D eigenvalue weighted by atomic mass is 16.5. The second-order valence-corrected chi connectivity index (χ2v) is 4.33. The molecule has 0 radical (unpaired) electrons. The minimum Gasteiger partial charge on any atom is -0.496 e. The fourth-order valence-electron chi connectivity index (χ4n) is 1.97. The average Bonchev–Trinajstić information content (AvgIpc) is 2.46. The van der Waals surface area contributed by atoms with Crippen molar-refractivity contribution < 1.29 is 4.74 Å². The summed E-state index contributed by atoms with van der Waals surface area (Å²) in [5.74, 6) is 0.935. The zero-order chi connectivity index (χ0) is 12.8. The molecule has 0 heterocycles. The zero-order valence-electron chi connectivity index (χ0n) is 10.9. The van der Waals surface area contributed by atoms with Gasteiger partial charge in [0.05, 0.1) is 7.11 Å². The van der Waals surface area contributed by atoms with Crippen LogP contribution in [0.2, 0.25) is 0 Å². The molecule has 2 rings (SSSR count). The maximum Gasteiger partial charge on any atom is 0.123 e. The molecule has 2 heteroatoms. The maximum atomic E-state index is 5.34. The molecule has 2 aromatic carbocycles. The van der Waals surface area contributed by atoms with Gasteiger partial charge in [0.15, 0.2) is 0 Å². The fourth-order valence-corrected chi connectivity index (χ4v) is 1.97. The van der Waals surface area contributed by atoms with Gasteiger partial charge in [-0.1, -0.05) is 48.5 Å². The molecule has 18 heavy (non-hydrogen) atoms. The van der Waals surface area contributed by atoms with Crippen molar-refractivity contribution in [3.05, 3.63) is 65.7 Å². The van der Waals surface area contributed by atoms with Crippen LogP contribution in [-0.4, -0.2) is 7.11 Å². The highest BCUT2D eigenvalue weighted by Crippen LogP contribution is 2.18. The Morgan fingerprint density at radius 3 is 2.39 bits per heavy atom. The lowest BCUT2D eigenvalue weighted by Gasteiger charge is -2.15. The number of rotatable bonds is 5. The number of hydrogen-bond donors (Lipinski definition) is 1. The van der Waals surface area contributed by atoms with E-state index in [2.05, 4.69) is 42.6 Å². The molecule has 2 aromatic rings. The summed E-state index contributed by atoms with van der Waals surface area (Å²) in [6.45, 7) is 2.98. The van der Waals surface area contributed by atoms with Crippen LogP contribution in [0.3, 0.4) is 0 Å². The molecule has 0 spiro atoms. The Kier molecular flexibility index (Phi) is 4.37. The van der Waals surface area contributed by atoms with E-state index < -0.39 is 0 Å². The molecule has 0 saturated carbocycles. The highest BCUT2D eigenvalue weighted by molar-refractivity contribution is 5.33. The van der Waals surface area contributed by atoms with E-state index in [1.54, 1.807) is 7.11 Å². The first-order valence-electron chi connectivity index (χ1n) is 6.21. The molecule has 0 unspecified atom stereocenters. The smallest absolute Gasteiger partial charge is 0.123 e. The van der Waals surface area contributed by atoms with Crippen LogP contribution < -0.4 is 10.1 Å². The van der Waals surface area contributed by atoms with E-state index in [1.807, 2.05) is 24.3 Å². The fraction of sp³-hybridized carbons (Fsp3) is 0.250. The van der Waals surface area contributed by atoms with Crippen molar-refractivity contribution in [1.82, 2.24) is 5.32 Å². The van der Waals surface area contributed by atoms with E-state index in [1.165, 1.54) is 11.1 Å². The van der Waals surface area contributed by atoms with Gasteiger partial charge in [-0.05, 0) is 18.6 Å². The van der Waals surface area contributed by atoms with Gasteiger partial charge in [-0.25, -0.2) is 0 Å². The van der Waals surface area contributed by atoms with Gasteiger partial charge in [-0.2, -0.15) is 0 Å². The third-order valence-electron chi connectivity index (χ3n) is 3.09. The minimum absolute atomic E-state index is 0.330. The van der Waals surface area contributed by atoms with Crippen molar-refractivity contribution >= 4 is 0 Å². The average molecular weight is 241 g/mol. The predicted octanol–water partition coefficient (Wildman–Crippen LogP) is 3.55.